The van der Waals surface area contributed by atoms with Crippen molar-refractivity contribution in [1.29, 1.82) is 0 Å². The second-order valence-corrected chi connectivity index (χ2v) is 15.5. The van der Waals surface area contributed by atoms with Crippen LogP contribution in [-0.4, -0.2) is 41.9 Å². The molecule has 0 spiro atoms. The molecule has 0 N–H and O–H groups in total. The van der Waals surface area contributed by atoms with E-state index in [2.05, 4.69) is 29.6 Å². The standard InChI is InChI=1S/C24H28ClFN4O3Si/c1-34(2,3)13-12-32-16-30-21(17-6-9-27-10-7-17)15-28-23(30)29-11-8-22(33-24(29)31)18-4-5-19(25)20(26)14-18/h4-7,9-10,14-15,22H,8,11-13,16H2,1-3H3. The normalized spacial score (nSPS) is 16.6. The smallest absolute Gasteiger partial charge is 0.417 e. The van der Waals surface area contributed by atoms with Gasteiger partial charge in [0.15, 0.2) is 0 Å². The highest BCUT2D eigenvalue weighted by molar-refractivity contribution is 6.76. The van der Waals surface area contributed by atoms with Crippen molar-refractivity contribution in [2.24, 2.45) is 0 Å². The second-order valence-electron chi connectivity index (χ2n) is 9.44. The van der Waals surface area contributed by atoms with Crippen LogP contribution in [0, 0.1) is 5.82 Å². The number of rotatable bonds is 8. The summed E-state index contributed by atoms with van der Waals surface area (Å²) in [6.45, 7) is 8.16. The lowest BCUT2D eigenvalue weighted by molar-refractivity contribution is 0.0779. The molecule has 1 saturated heterocycles. The minimum Gasteiger partial charge on any atom is -0.441 e. The molecule has 1 aliphatic rings. The first-order valence-corrected chi connectivity index (χ1v) is 15.3. The number of anilines is 1. The highest BCUT2D eigenvalue weighted by Crippen LogP contribution is 2.33. The summed E-state index contributed by atoms with van der Waals surface area (Å²) in [5.41, 5.74) is 2.31. The van der Waals surface area contributed by atoms with Gasteiger partial charge in [-0.1, -0.05) is 37.3 Å². The van der Waals surface area contributed by atoms with E-state index in [-0.39, 0.29) is 11.8 Å². The Labute approximate surface area is 204 Å². The van der Waals surface area contributed by atoms with Gasteiger partial charge in [0.25, 0.3) is 0 Å². The SMILES string of the molecule is C[Si](C)(C)CCOCn1c(-c2ccncc2)cnc1N1CCC(c2ccc(Cl)c(F)c2)OC1=O. The maximum atomic E-state index is 13.9. The zero-order chi connectivity index (χ0) is 24.3. The third-order valence-electron chi connectivity index (χ3n) is 5.66. The molecule has 34 heavy (non-hydrogen) atoms. The molecule has 0 aliphatic carbocycles. The topological polar surface area (TPSA) is 69.5 Å². The first kappa shape index (κ1) is 24.4. The van der Waals surface area contributed by atoms with Gasteiger partial charge in [0.2, 0.25) is 5.95 Å². The summed E-state index contributed by atoms with van der Waals surface area (Å²) in [6, 6.07) is 9.27. The van der Waals surface area contributed by atoms with E-state index in [4.69, 9.17) is 21.1 Å². The van der Waals surface area contributed by atoms with Gasteiger partial charge < -0.3 is 9.47 Å². The van der Waals surface area contributed by atoms with Crippen molar-refractivity contribution in [3.8, 4) is 11.3 Å². The van der Waals surface area contributed by atoms with Crippen LogP contribution in [0.3, 0.4) is 0 Å². The molecule has 1 fully saturated rings. The van der Waals surface area contributed by atoms with Gasteiger partial charge >= 0.3 is 6.09 Å². The Hall–Kier alpha value is -2.75. The summed E-state index contributed by atoms with van der Waals surface area (Å²) in [5.74, 6) is -0.0869. The number of hydrogen-bond donors (Lipinski definition) is 0. The molecule has 4 rings (SSSR count). The first-order chi connectivity index (χ1) is 16.2. The summed E-state index contributed by atoms with van der Waals surface area (Å²) >= 11 is 5.78. The van der Waals surface area contributed by atoms with Crippen LogP contribution in [0.4, 0.5) is 15.1 Å². The van der Waals surface area contributed by atoms with E-state index in [1.165, 1.54) is 17.0 Å². The Bertz CT molecular complexity index is 1150. The molecule has 180 valence electrons. The van der Waals surface area contributed by atoms with Crippen molar-refractivity contribution in [3.63, 3.8) is 0 Å². The maximum Gasteiger partial charge on any atom is 0.417 e. The Balaban J connectivity index is 1.55. The predicted octanol–water partition coefficient (Wildman–Crippen LogP) is 6.14. The number of carbonyl (C=O) groups excluding carboxylic acids is 1. The number of imidazole rings is 1. The fraction of sp³-hybridized carbons (Fsp3) is 0.375. The number of ether oxygens (including phenoxy) is 2. The highest BCUT2D eigenvalue weighted by atomic mass is 35.5. The number of pyridine rings is 1. The van der Waals surface area contributed by atoms with Gasteiger partial charge in [-0.15, -0.1) is 0 Å². The number of carbonyl (C=O) groups is 1. The molecule has 1 unspecified atom stereocenters. The van der Waals surface area contributed by atoms with E-state index < -0.39 is 26.1 Å². The van der Waals surface area contributed by atoms with E-state index in [9.17, 15) is 9.18 Å². The van der Waals surface area contributed by atoms with Gasteiger partial charge in [0.1, 0.15) is 18.7 Å². The summed E-state index contributed by atoms with van der Waals surface area (Å²) in [5, 5.41) is 0.0345. The molecule has 0 radical (unpaired) electrons. The molecule has 1 aromatic carbocycles. The minimum absolute atomic E-state index is 0.0345. The van der Waals surface area contributed by atoms with Crippen molar-refractivity contribution in [2.75, 3.05) is 18.1 Å². The van der Waals surface area contributed by atoms with Gasteiger partial charge in [0.05, 0.1) is 16.9 Å². The molecule has 1 aliphatic heterocycles. The number of benzene rings is 1. The zero-order valence-corrected chi connectivity index (χ0v) is 21.3. The third-order valence-corrected chi connectivity index (χ3v) is 7.67. The Kier molecular flexibility index (Phi) is 7.35. The fourth-order valence-corrected chi connectivity index (χ4v) is 4.58. The van der Waals surface area contributed by atoms with Gasteiger partial charge in [-0.2, -0.15) is 0 Å². The molecule has 0 bridgehead atoms. The molecule has 1 atom stereocenters. The Morgan fingerprint density at radius 3 is 2.68 bits per heavy atom. The van der Waals surface area contributed by atoms with Crippen molar-refractivity contribution < 1.29 is 18.7 Å². The molecular formula is C24H28ClFN4O3Si. The number of aromatic nitrogens is 3. The maximum absolute atomic E-state index is 13.9. The molecule has 3 aromatic rings. The van der Waals surface area contributed by atoms with E-state index >= 15 is 0 Å². The molecule has 0 saturated carbocycles. The summed E-state index contributed by atoms with van der Waals surface area (Å²) in [4.78, 5) is 23.1. The lowest BCUT2D eigenvalue weighted by Gasteiger charge is -2.31. The van der Waals surface area contributed by atoms with Crippen LogP contribution in [-0.2, 0) is 16.2 Å². The van der Waals surface area contributed by atoms with Crippen molar-refractivity contribution in [3.05, 3.63) is 65.3 Å². The van der Waals surface area contributed by atoms with E-state index in [0.717, 1.165) is 17.3 Å². The lowest BCUT2D eigenvalue weighted by atomic mass is 10.1. The van der Waals surface area contributed by atoms with Crippen LogP contribution in [0.1, 0.15) is 18.1 Å². The number of halogens is 2. The largest absolute Gasteiger partial charge is 0.441 e. The number of hydrogen-bond acceptors (Lipinski definition) is 5. The van der Waals surface area contributed by atoms with Crippen LogP contribution in [0.15, 0.2) is 48.9 Å². The van der Waals surface area contributed by atoms with Crippen molar-refractivity contribution >= 4 is 31.7 Å². The van der Waals surface area contributed by atoms with Crippen LogP contribution in [0.25, 0.3) is 11.3 Å². The van der Waals surface area contributed by atoms with Gasteiger partial charge in [-0.25, -0.2) is 19.1 Å². The monoisotopic (exact) mass is 502 g/mol. The molecule has 1 amide bonds. The van der Waals surface area contributed by atoms with E-state index in [0.29, 0.717) is 31.1 Å². The van der Waals surface area contributed by atoms with E-state index in [1.807, 2.05) is 16.7 Å². The molecule has 10 heteroatoms. The Morgan fingerprint density at radius 1 is 1.24 bits per heavy atom. The minimum atomic E-state index is -1.24. The van der Waals surface area contributed by atoms with Crippen LogP contribution in [0.2, 0.25) is 30.7 Å². The van der Waals surface area contributed by atoms with Crippen LogP contribution in [0.5, 0.6) is 0 Å². The summed E-state index contributed by atoms with van der Waals surface area (Å²) in [7, 11) is -1.24. The van der Waals surface area contributed by atoms with Crippen LogP contribution >= 0.6 is 11.6 Å². The van der Waals surface area contributed by atoms with Crippen LogP contribution < -0.4 is 4.90 Å². The third kappa shape index (κ3) is 5.65. The average Bonchev–Trinajstić information content (AvgIpc) is 3.22. The summed E-state index contributed by atoms with van der Waals surface area (Å²) in [6.07, 6.45) is 4.54. The number of cyclic esters (lactones) is 1. The van der Waals surface area contributed by atoms with Gasteiger partial charge in [-0.3, -0.25) is 9.55 Å². The Morgan fingerprint density at radius 2 is 2.00 bits per heavy atom. The number of nitrogens with zero attached hydrogens (tertiary/aromatic N) is 4. The molecule has 2 aromatic heterocycles. The zero-order valence-electron chi connectivity index (χ0n) is 19.5. The number of amides is 1. The van der Waals surface area contributed by atoms with Gasteiger partial charge in [-0.05, 0) is 35.9 Å². The quantitative estimate of drug-likeness (QED) is 0.273. The lowest BCUT2D eigenvalue weighted by Crippen LogP contribution is -2.40. The van der Waals surface area contributed by atoms with Crippen molar-refractivity contribution in [1.82, 2.24) is 14.5 Å². The average molecular weight is 503 g/mol. The molecule has 3 heterocycles. The molecular weight excluding hydrogens is 475 g/mol. The first-order valence-electron chi connectivity index (χ1n) is 11.2. The predicted molar refractivity (Wildman–Crippen MR) is 132 cm³/mol. The van der Waals surface area contributed by atoms with Crippen molar-refractivity contribution in [2.45, 2.75) is 44.9 Å². The second kappa shape index (κ2) is 10.2. The fourth-order valence-electron chi connectivity index (χ4n) is 3.71. The van der Waals surface area contributed by atoms with Gasteiger partial charge in [0, 0.05) is 45.6 Å². The highest BCUT2D eigenvalue weighted by Gasteiger charge is 2.33. The molecule has 7 nitrogen and oxygen atoms in total. The summed E-state index contributed by atoms with van der Waals surface area (Å²) < 4.78 is 27.4. The van der Waals surface area contributed by atoms with E-state index in [1.54, 1.807) is 24.7 Å².